The normalized spacial score (nSPS) is 10.8. The fourth-order valence-corrected chi connectivity index (χ4v) is 2.87. The van der Waals surface area contributed by atoms with Crippen LogP contribution in [-0.4, -0.2) is 22.5 Å². The quantitative estimate of drug-likeness (QED) is 0.541. The van der Waals surface area contributed by atoms with Crippen molar-refractivity contribution in [3.63, 3.8) is 0 Å². The van der Waals surface area contributed by atoms with Gasteiger partial charge in [-0.2, -0.15) is 4.98 Å². The first-order valence-electron chi connectivity index (χ1n) is 9.01. The second-order valence-electron chi connectivity index (χ2n) is 6.29. The predicted octanol–water partition coefficient (Wildman–Crippen LogP) is 4.85. The maximum atomic E-state index is 12.7. The summed E-state index contributed by atoms with van der Waals surface area (Å²) in [6.07, 6.45) is 1.67. The zero-order valence-corrected chi connectivity index (χ0v) is 15.6. The van der Waals surface area contributed by atoms with Crippen LogP contribution >= 0.6 is 0 Å². The van der Waals surface area contributed by atoms with Crippen LogP contribution < -0.4 is 10.1 Å². The highest BCUT2D eigenvalue weighted by molar-refractivity contribution is 6.05. The molecule has 1 amide bonds. The molecule has 140 valence electrons. The molecule has 2 aromatic heterocycles. The molecular formula is C22H19N3O3. The number of aryl methyl sites for hydroxylation is 1. The molecule has 6 nitrogen and oxygen atoms in total. The molecule has 4 aromatic rings. The predicted molar refractivity (Wildman–Crippen MR) is 108 cm³/mol. The van der Waals surface area contributed by atoms with Gasteiger partial charge in [-0.3, -0.25) is 4.79 Å². The summed E-state index contributed by atoms with van der Waals surface area (Å²) >= 11 is 0. The molecule has 2 aromatic carbocycles. The van der Waals surface area contributed by atoms with Gasteiger partial charge in [-0.15, -0.1) is 0 Å². The van der Waals surface area contributed by atoms with E-state index < -0.39 is 0 Å². The van der Waals surface area contributed by atoms with Crippen molar-refractivity contribution in [3.05, 3.63) is 71.9 Å². The van der Waals surface area contributed by atoms with Crippen molar-refractivity contribution < 1.29 is 13.9 Å². The minimum Gasteiger partial charge on any atom is -0.494 e. The van der Waals surface area contributed by atoms with E-state index in [-0.39, 0.29) is 5.91 Å². The van der Waals surface area contributed by atoms with Crippen molar-refractivity contribution >= 4 is 22.8 Å². The highest BCUT2D eigenvalue weighted by Crippen LogP contribution is 2.27. The molecule has 0 unspecified atom stereocenters. The van der Waals surface area contributed by atoms with Gasteiger partial charge in [-0.05, 0) is 61.9 Å². The summed E-state index contributed by atoms with van der Waals surface area (Å²) in [4.78, 5) is 21.3. The molecule has 0 saturated carbocycles. The molecule has 0 saturated heterocycles. The number of aromatic nitrogens is 2. The second-order valence-corrected chi connectivity index (χ2v) is 6.29. The Morgan fingerprint density at radius 2 is 2.04 bits per heavy atom. The number of carbonyl (C=O) groups is 1. The lowest BCUT2D eigenvalue weighted by molar-refractivity contribution is 0.102. The zero-order chi connectivity index (χ0) is 19.5. The first-order chi connectivity index (χ1) is 13.6. The summed E-state index contributed by atoms with van der Waals surface area (Å²) < 4.78 is 11.2. The third kappa shape index (κ3) is 3.57. The number of hydrogen-bond acceptors (Lipinski definition) is 5. The molecule has 0 bridgehead atoms. The lowest BCUT2D eigenvalue weighted by atomic mass is 10.1. The summed E-state index contributed by atoms with van der Waals surface area (Å²) in [6, 6.07) is 16.4. The number of carbonyl (C=O) groups excluding carboxylic acids is 1. The average Bonchev–Trinajstić information content (AvgIpc) is 3.14. The molecule has 28 heavy (non-hydrogen) atoms. The lowest BCUT2D eigenvalue weighted by Gasteiger charge is -2.10. The molecule has 0 spiro atoms. The minimum atomic E-state index is -0.207. The van der Waals surface area contributed by atoms with Crippen molar-refractivity contribution in [2.45, 2.75) is 13.8 Å². The SMILES string of the molecule is CCOc1cccc(C(=O)Nc2cc(-c3nc4ncccc4o3)ccc2C)c1. The van der Waals surface area contributed by atoms with Crippen LogP contribution in [0.2, 0.25) is 0 Å². The van der Waals surface area contributed by atoms with Crippen molar-refractivity contribution in [2.75, 3.05) is 11.9 Å². The zero-order valence-electron chi connectivity index (χ0n) is 15.6. The molecule has 2 heterocycles. The van der Waals surface area contributed by atoms with Crippen LogP contribution in [0.15, 0.2) is 65.2 Å². The molecular weight excluding hydrogens is 354 g/mol. The molecule has 0 aliphatic carbocycles. The Morgan fingerprint density at radius 3 is 2.86 bits per heavy atom. The summed E-state index contributed by atoms with van der Waals surface area (Å²) in [5.41, 5.74) is 4.10. The average molecular weight is 373 g/mol. The largest absolute Gasteiger partial charge is 0.494 e. The summed E-state index contributed by atoms with van der Waals surface area (Å²) in [6.45, 7) is 4.39. The van der Waals surface area contributed by atoms with Gasteiger partial charge in [0, 0.05) is 23.0 Å². The van der Waals surface area contributed by atoms with E-state index in [1.54, 1.807) is 30.5 Å². The molecule has 4 rings (SSSR count). The van der Waals surface area contributed by atoms with Crippen LogP contribution in [-0.2, 0) is 0 Å². The third-order valence-corrected chi connectivity index (χ3v) is 4.30. The number of oxazole rings is 1. The molecule has 6 heteroatoms. The first kappa shape index (κ1) is 17.7. The highest BCUT2D eigenvalue weighted by Gasteiger charge is 2.13. The Morgan fingerprint density at radius 1 is 1.14 bits per heavy atom. The fraction of sp³-hybridized carbons (Fsp3) is 0.136. The number of benzene rings is 2. The Hall–Kier alpha value is -3.67. The van der Waals surface area contributed by atoms with Gasteiger partial charge < -0.3 is 14.5 Å². The van der Waals surface area contributed by atoms with Crippen LogP contribution in [0.1, 0.15) is 22.8 Å². The van der Waals surface area contributed by atoms with Crippen LogP contribution in [0.5, 0.6) is 5.75 Å². The Balaban J connectivity index is 1.62. The molecule has 0 radical (unpaired) electrons. The Bertz CT molecular complexity index is 1120. The number of amides is 1. The van der Waals surface area contributed by atoms with Gasteiger partial charge in [0.25, 0.3) is 5.91 Å². The highest BCUT2D eigenvalue weighted by atomic mass is 16.5. The summed E-state index contributed by atoms with van der Waals surface area (Å²) in [5.74, 6) is 0.920. The van der Waals surface area contributed by atoms with Gasteiger partial charge in [0.15, 0.2) is 11.2 Å². The monoisotopic (exact) mass is 373 g/mol. The maximum Gasteiger partial charge on any atom is 0.255 e. The van der Waals surface area contributed by atoms with E-state index in [1.165, 1.54) is 0 Å². The first-order valence-corrected chi connectivity index (χ1v) is 9.01. The summed E-state index contributed by atoms with van der Waals surface area (Å²) in [7, 11) is 0. The second kappa shape index (κ2) is 7.52. The van der Waals surface area contributed by atoms with E-state index in [0.717, 1.165) is 11.1 Å². The van der Waals surface area contributed by atoms with Crippen molar-refractivity contribution in [1.82, 2.24) is 9.97 Å². The number of ether oxygens (including phenoxy) is 1. The van der Waals surface area contributed by atoms with E-state index in [9.17, 15) is 4.79 Å². The summed E-state index contributed by atoms with van der Waals surface area (Å²) in [5, 5.41) is 2.96. The van der Waals surface area contributed by atoms with Crippen LogP contribution in [0.3, 0.4) is 0 Å². The van der Waals surface area contributed by atoms with E-state index >= 15 is 0 Å². The molecule has 0 fully saturated rings. The van der Waals surface area contributed by atoms with Gasteiger partial charge in [-0.1, -0.05) is 12.1 Å². The fourth-order valence-electron chi connectivity index (χ4n) is 2.87. The number of pyridine rings is 1. The maximum absolute atomic E-state index is 12.7. The van der Waals surface area contributed by atoms with Gasteiger partial charge in [0.2, 0.25) is 5.89 Å². The van der Waals surface area contributed by atoms with E-state index in [1.807, 2.05) is 44.2 Å². The Kier molecular flexibility index (Phi) is 4.76. The smallest absolute Gasteiger partial charge is 0.255 e. The number of anilines is 1. The van der Waals surface area contributed by atoms with E-state index in [4.69, 9.17) is 9.15 Å². The number of nitrogens with one attached hydrogen (secondary N) is 1. The van der Waals surface area contributed by atoms with Gasteiger partial charge >= 0.3 is 0 Å². The van der Waals surface area contributed by atoms with Gasteiger partial charge in [-0.25, -0.2) is 4.98 Å². The van der Waals surface area contributed by atoms with Crippen LogP contribution in [0.4, 0.5) is 5.69 Å². The van der Waals surface area contributed by atoms with Gasteiger partial charge in [0.1, 0.15) is 5.75 Å². The number of rotatable bonds is 5. The van der Waals surface area contributed by atoms with Crippen LogP contribution in [0, 0.1) is 6.92 Å². The standard InChI is InChI=1S/C22H19N3O3/c1-3-27-17-7-4-6-15(12-17)21(26)24-18-13-16(10-9-14(18)2)22-25-20-19(28-22)8-5-11-23-20/h4-13H,3H2,1-2H3,(H,24,26). The Labute approximate surface area is 162 Å². The molecule has 0 aliphatic rings. The topological polar surface area (TPSA) is 77.2 Å². The van der Waals surface area contributed by atoms with E-state index in [0.29, 0.717) is 40.7 Å². The minimum absolute atomic E-state index is 0.207. The van der Waals surface area contributed by atoms with E-state index in [2.05, 4.69) is 15.3 Å². The van der Waals surface area contributed by atoms with Crippen molar-refractivity contribution in [2.24, 2.45) is 0 Å². The molecule has 0 atom stereocenters. The van der Waals surface area contributed by atoms with Gasteiger partial charge in [0.05, 0.1) is 6.61 Å². The molecule has 1 N–H and O–H groups in total. The molecule has 0 aliphatic heterocycles. The van der Waals surface area contributed by atoms with Crippen LogP contribution in [0.25, 0.3) is 22.7 Å². The van der Waals surface area contributed by atoms with Crippen molar-refractivity contribution in [1.29, 1.82) is 0 Å². The van der Waals surface area contributed by atoms with Crippen molar-refractivity contribution in [3.8, 4) is 17.2 Å². The number of fused-ring (bicyclic) bond motifs is 1. The number of hydrogen-bond donors (Lipinski definition) is 1. The number of nitrogens with zero attached hydrogens (tertiary/aromatic N) is 2. The lowest BCUT2D eigenvalue weighted by Crippen LogP contribution is -2.13. The third-order valence-electron chi connectivity index (χ3n) is 4.30.